The molecule has 1 rings (SSSR count). The number of H-pyrrole nitrogens is 1. The van der Waals surface area contributed by atoms with Crippen LogP contribution in [-0.2, 0) is 9.05 Å². The molecule has 0 amide bonds. The summed E-state index contributed by atoms with van der Waals surface area (Å²) in [5, 5.41) is 9.36. The largest absolute Gasteiger partial charge is 0.573 e. The van der Waals surface area contributed by atoms with Crippen LogP contribution in [0.4, 0.5) is 19.0 Å². The molecule has 0 fully saturated rings. The van der Waals surface area contributed by atoms with Crippen LogP contribution in [-0.4, -0.2) is 24.7 Å². The summed E-state index contributed by atoms with van der Waals surface area (Å²) in [6.07, 6.45) is -5.36. The number of hydrogen-bond donors (Lipinski definition) is 1. The molecule has 19 heavy (non-hydrogen) atoms. The molecule has 0 bridgehead atoms. The molecule has 0 aliphatic carbocycles. The van der Waals surface area contributed by atoms with Gasteiger partial charge in [0.25, 0.3) is 14.8 Å². The van der Waals surface area contributed by atoms with Crippen molar-refractivity contribution in [2.45, 2.75) is 11.4 Å². The number of ether oxygens (including phenoxy) is 1. The van der Waals surface area contributed by atoms with E-state index in [0.29, 0.717) is 0 Å². The highest BCUT2D eigenvalue weighted by Gasteiger charge is 2.37. The Labute approximate surface area is 106 Å². The molecule has 8 nitrogen and oxygen atoms in total. The summed E-state index contributed by atoms with van der Waals surface area (Å²) in [7, 11) is 0.243. The first kappa shape index (κ1) is 15.2. The number of nitrogens with one attached hydrogen (secondary N) is 1. The molecule has 0 saturated heterocycles. The molecule has 0 spiro atoms. The van der Waals surface area contributed by atoms with Crippen molar-refractivity contribution in [2.75, 3.05) is 0 Å². The van der Waals surface area contributed by atoms with Crippen molar-refractivity contribution < 1.29 is 31.2 Å². The lowest BCUT2D eigenvalue weighted by atomic mass is 10.4. The predicted octanol–water partition coefficient (Wildman–Crippen LogP) is 1.11. The zero-order chi connectivity index (χ0) is 15.0. The molecule has 106 valence electrons. The Kier molecular flexibility index (Phi) is 3.77. The molecule has 1 N–H and O–H groups in total. The number of halogens is 4. The van der Waals surface area contributed by atoms with E-state index in [1.54, 1.807) is 0 Å². The van der Waals surface area contributed by atoms with Crippen LogP contribution in [0.15, 0.2) is 15.9 Å². The fourth-order valence-electron chi connectivity index (χ4n) is 0.985. The highest BCUT2D eigenvalue weighted by atomic mass is 35.7. The molecular formula is C6H2ClF3N2O6S. The first-order chi connectivity index (χ1) is 8.42. The summed E-state index contributed by atoms with van der Waals surface area (Å²) in [5.74, 6) is -3.27. The van der Waals surface area contributed by atoms with Crippen molar-refractivity contribution in [1.82, 2.24) is 4.98 Å². The highest BCUT2D eigenvalue weighted by molar-refractivity contribution is 8.13. The Bertz CT molecular complexity index is 681. The molecule has 0 radical (unpaired) electrons. The number of hydrogen-bond acceptors (Lipinski definition) is 6. The van der Waals surface area contributed by atoms with Gasteiger partial charge in [0.05, 0.1) is 6.07 Å². The normalized spacial score (nSPS) is 12.2. The van der Waals surface area contributed by atoms with Crippen molar-refractivity contribution in [1.29, 1.82) is 0 Å². The summed E-state index contributed by atoms with van der Waals surface area (Å²) in [6.45, 7) is 0. The number of nitro groups is 1. The van der Waals surface area contributed by atoms with Gasteiger partial charge < -0.3 is 14.9 Å². The van der Waals surface area contributed by atoms with Gasteiger partial charge >= 0.3 is 12.2 Å². The number of aromatic amines is 1. The first-order valence-corrected chi connectivity index (χ1v) is 6.35. The van der Waals surface area contributed by atoms with Crippen molar-refractivity contribution in [2.24, 2.45) is 0 Å². The predicted molar refractivity (Wildman–Crippen MR) is 53.4 cm³/mol. The Morgan fingerprint density at radius 3 is 2.32 bits per heavy atom. The molecule has 0 aliphatic heterocycles. The van der Waals surface area contributed by atoms with E-state index in [-0.39, 0.29) is 6.07 Å². The second-order valence-corrected chi connectivity index (χ2v) is 5.45. The lowest BCUT2D eigenvalue weighted by molar-refractivity contribution is -0.393. The van der Waals surface area contributed by atoms with Gasteiger partial charge in [-0.25, -0.2) is 13.4 Å². The second kappa shape index (κ2) is 4.70. The highest BCUT2D eigenvalue weighted by Crippen LogP contribution is 2.28. The second-order valence-electron chi connectivity index (χ2n) is 2.92. The van der Waals surface area contributed by atoms with E-state index < -0.39 is 42.4 Å². The van der Waals surface area contributed by atoms with Gasteiger partial charge in [-0.3, -0.25) is 4.79 Å². The van der Waals surface area contributed by atoms with Crippen LogP contribution in [0.5, 0.6) is 5.75 Å². The Balaban J connectivity index is 3.58. The van der Waals surface area contributed by atoms with E-state index in [0.717, 1.165) is 0 Å². The van der Waals surface area contributed by atoms with Gasteiger partial charge in [-0.2, -0.15) is 0 Å². The Morgan fingerprint density at radius 1 is 1.42 bits per heavy atom. The fraction of sp³-hybridized carbons (Fsp3) is 0.167. The van der Waals surface area contributed by atoms with E-state index >= 15 is 0 Å². The lowest BCUT2D eigenvalue weighted by Crippen LogP contribution is -2.23. The summed E-state index contributed by atoms with van der Waals surface area (Å²) in [6, 6.07) is 0.135. The molecule has 1 aromatic heterocycles. The van der Waals surface area contributed by atoms with Gasteiger partial charge in [0.1, 0.15) is 0 Å². The average molecular weight is 323 g/mol. The van der Waals surface area contributed by atoms with Crippen LogP contribution in [0.2, 0.25) is 0 Å². The number of pyridine rings is 1. The smallest absolute Gasteiger partial charge is 0.393 e. The van der Waals surface area contributed by atoms with E-state index in [9.17, 15) is 36.5 Å². The van der Waals surface area contributed by atoms with E-state index in [1.807, 2.05) is 0 Å². The minimum absolute atomic E-state index is 0.135. The van der Waals surface area contributed by atoms with Gasteiger partial charge in [0.15, 0.2) is 0 Å². The summed E-state index contributed by atoms with van der Waals surface area (Å²) < 4.78 is 60.8. The SMILES string of the molecule is O=c1cc(S(=O)(=O)Cl)[nH]c([N+](=O)[O-])c1OC(F)(F)F. The fourth-order valence-corrected chi connectivity index (χ4v) is 1.70. The number of aromatic nitrogens is 1. The van der Waals surface area contributed by atoms with Crippen LogP contribution in [0.25, 0.3) is 0 Å². The van der Waals surface area contributed by atoms with Crippen molar-refractivity contribution in [3.05, 3.63) is 26.4 Å². The number of rotatable bonds is 3. The monoisotopic (exact) mass is 322 g/mol. The lowest BCUT2D eigenvalue weighted by Gasteiger charge is -2.08. The number of alkyl halides is 3. The third kappa shape index (κ3) is 3.82. The summed E-state index contributed by atoms with van der Waals surface area (Å²) in [5.41, 5.74) is -1.66. The van der Waals surface area contributed by atoms with Crippen LogP contribution in [0.3, 0.4) is 0 Å². The minimum atomic E-state index is -5.36. The topological polar surface area (TPSA) is 119 Å². The quantitative estimate of drug-likeness (QED) is 0.505. The third-order valence-electron chi connectivity index (χ3n) is 1.61. The minimum Gasteiger partial charge on any atom is -0.393 e. The van der Waals surface area contributed by atoms with Crippen molar-refractivity contribution in [3.63, 3.8) is 0 Å². The molecule has 0 atom stereocenters. The molecule has 1 heterocycles. The molecular weight excluding hydrogens is 321 g/mol. The zero-order valence-corrected chi connectivity index (χ0v) is 9.97. The van der Waals surface area contributed by atoms with Crippen molar-refractivity contribution in [3.8, 4) is 5.75 Å². The molecule has 0 aromatic carbocycles. The maximum absolute atomic E-state index is 12.0. The molecule has 13 heteroatoms. The maximum atomic E-state index is 12.0. The standard InChI is InChI=1S/C6H2ClF3N2O6S/c7-19(16,17)3-1-2(13)4(18-6(8,9)10)5(11-3)12(14)15/h1H,(H,11,13). The maximum Gasteiger partial charge on any atom is 0.573 e. The van der Waals surface area contributed by atoms with E-state index in [2.05, 4.69) is 4.74 Å². The van der Waals surface area contributed by atoms with Crippen LogP contribution in [0, 0.1) is 10.1 Å². The van der Waals surface area contributed by atoms with Crippen LogP contribution in [0.1, 0.15) is 0 Å². The number of nitrogens with zero attached hydrogens (tertiary/aromatic N) is 1. The van der Waals surface area contributed by atoms with Gasteiger partial charge in [-0.05, 0) is 4.92 Å². The molecule has 1 aromatic rings. The zero-order valence-electron chi connectivity index (χ0n) is 8.39. The van der Waals surface area contributed by atoms with E-state index in [1.165, 1.54) is 4.98 Å². The van der Waals surface area contributed by atoms with Gasteiger partial charge in [-0.1, -0.05) is 0 Å². The summed E-state index contributed by atoms with van der Waals surface area (Å²) in [4.78, 5) is 21.7. The van der Waals surface area contributed by atoms with Crippen LogP contribution >= 0.6 is 10.7 Å². The first-order valence-electron chi connectivity index (χ1n) is 4.04. The van der Waals surface area contributed by atoms with Crippen LogP contribution < -0.4 is 10.2 Å². The molecule has 0 aliphatic rings. The van der Waals surface area contributed by atoms with Gasteiger partial charge in [0.2, 0.25) is 10.5 Å². The van der Waals surface area contributed by atoms with Crippen molar-refractivity contribution >= 4 is 25.6 Å². The van der Waals surface area contributed by atoms with Gasteiger partial charge in [-0.15, -0.1) is 13.2 Å². The Hall–Kier alpha value is -1.82. The Morgan fingerprint density at radius 2 is 1.95 bits per heavy atom. The molecule has 0 unspecified atom stereocenters. The third-order valence-corrected chi connectivity index (χ3v) is 2.85. The van der Waals surface area contributed by atoms with Gasteiger partial charge in [0, 0.05) is 10.7 Å². The van der Waals surface area contributed by atoms with E-state index in [4.69, 9.17) is 10.7 Å². The summed E-state index contributed by atoms with van der Waals surface area (Å²) >= 11 is 0. The molecule has 0 saturated carbocycles. The average Bonchev–Trinajstić information content (AvgIpc) is 2.16.